The molecule has 0 fully saturated rings. The van der Waals surface area contributed by atoms with Crippen molar-refractivity contribution in [1.29, 1.82) is 0 Å². The molecule has 0 aliphatic rings. The molecule has 0 aromatic carbocycles. The Morgan fingerprint density at radius 2 is 2.05 bits per heavy atom. The molecule has 0 unspecified atom stereocenters. The Kier molecular flexibility index (Phi) is 4.02. The Labute approximate surface area is 110 Å². The second-order valence-corrected chi connectivity index (χ2v) is 3.86. The molecular weight excluding hydrogens is 244 g/mol. The van der Waals surface area contributed by atoms with Gasteiger partial charge in [-0.2, -0.15) is 0 Å². The molecule has 0 atom stereocenters. The Balaban J connectivity index is 2.31. The molecule has 2 rings (SSSR count). The van der Waals surface area contributed by atoms with Gasteiger partial charge in [0, 0.05) is 18.9 Å². The first-order valence-electron chi connectivity index (χ1n) is 5.92. The van der Waals surface area contributed by atoms with Gasteiger partial charge in [-0.05, 0) is 25.1 Å². The van der Waals surface area contributed by atoms with E-state index in [-0.39, 0.29) is 6.54 Å². The van der Waals surface area contributed by atoms with E-state index in [2.05, 4.69) is 15.0 Å². The molecule has 2 aromatic rings. The van der Waals surface area contributed by atoms with Crippen molar-refractivity contribution >= 4 is 11.9 Å². The summed E-state index contributed by atoms with van der Waals surface area (Å²) in [5.74, 6) is -0.512. The topological polar surface area (TPSA) is 79.2 Å². The van der Waals surface area contributed by atoms with Crippen LogP contribution in [-0.4, -0.2) is 39.1 Å². The lowest BCUT2D eigenvalue weighted by Crippen LogP contribution is -2.30. The van der Waals surface area contributed by atoms with E-state index in [0.717, 1.165) is 5.69 Å². The van der Waals surface area contributed by atoms with Gasteiger partial charge in [0.25, 0.3) is 0 Å². The standard InChI is InChI=1S/C13H14N4O2/c1-2-17(9-12(18)19)13-15-8-6-11(16-13)10-5-3-4-7-14-10/h3-8H,2,9H2,1H3,(H,18,19). The van der Waals surface area contributed by atoms with E-state index in [9.17, 15) is 4.79 Å². The average Bonchev–Trinajstić information content (AvgIpc) is 2.45. The van der Waals surface area contributed by atoms with Crippen molar-refractivity contribution in [2.75, 3.05) is 18.0 Å². The summed E-state index contributed by atoms with van der Waals surface area (Å²) >= 11 is 0. The summed E-state index contributed by atoms with van der Waals surface area (Å²) < 4.78 is 0. The van der Waals surface area contributed by atoms with E-state index in [1.807, 2.05) is 25.1 Å². The molecule has 0 amide bonds. The van der Waals surface area contributed by atoms with Crippen LogP contribution in [0.25, 0.3) is 11.4 Å². The predicted molar refractivity (Wildman–Crippen MR) is 70.8 cm³/mol. The number of carbonyl (C=O) groups is 1. The van der Waals surface area contributed by atoms with Crippen molar-refractivity contribution in [1.82, 2.24) is 15.0 Å². The summed E-state index contributed by atoms with van der Waals surface area (Å²) in [5, 5.41) is 8.85. The van der Waals surface area contributed by atoms with E-state index in [1.165, 1.54) is 0 Å². The molecule has 2 heterocycles. The summed E-state index contributed by atoms with van der Waals surface area (Å²) in [6, 6.07) is 7.30. The quantitative estimate of drug-likeness (QED) is 0.874. The maximum absolute atomic E-state index is 10.8. The zero-order chi connectivity index (χ0) is 13.7. The zero-order valence-electron chi connectivity index (χ0n) is 10.5. The van der Waals surface area contributed by atoms with Crippen molar-refractivity contribution < 1.29 is 9.90 Å². The van der Waals surface area contributed by atoms with Gasteiger partial charge in [-0.25, -0.2) is 9.97 Å². The molecule has 0 aliphatic heterocycles. The van der Waals surface area contributed by atoms with Crippen molar-refractivity contribution in [3.8, 4) is 11.4 Å². The maximum atomic E-state index is 10.8. The summed E-state index contributed by atoms with van der Waals surface area (Å²) in [7, 11) is 0. The fraction of sp³-hybridized carbons (Fsp3) is 0.231. The van der Waals surface area contributed by atoms with Crippen LogP contribution in [-0.2, 0) is 4.79 Å². The minimum Gasteiger partial charge on any atom is -0.480 e. The number of carboxylic acids is 1. The smallest absolute Gasteiger partial charge is 0.323 e. The highest BCUT2D eigenvalue weighted by Gasteiger charge is 2.12. The van der Waals surface area contributed by atoms with E-state index in [4.69, 9.17) is 5.11 Å². The van der Waals surface area contributed by atoms with Crippen LogP contribution < -0.4 is 4.90 Å². The molecular formula is C13H14N4O2. The monoisotopic (exact) mass is 258 g/mol. The Morgan fingerprint density at radius 3 is 2.68 bits per heavy atom. The number of hydrogen-bond donors (Lipinski definition) is 1. The molecule has 19 heavy (non-hydrogen) atoms. The molecule has 2 aromatic heterocycles. The van der Waals surface area contributed by atoms with E-state index in [0.29, 0.717) is 18.2 Å². The minimum atomic E-state index is -0.909. The molecule has 1 N–H and O–H groups in total. The van der Waals surface area contributed by atoms with Gasteiger partial charge in [0.2, 0.25) is 5.95 Å². The van der Waals surface area contributed by atoms with Crippen molar-refractivity contribution in [3.63, 3.8) is 0 Å². The second kappa shape index (κ2) is 5.90. The lowest BCUT2D eigenvalue weighted by molar-refractivity contribution is -0.135. The summed E-state index contributed by atoms with van der Waals surface area (Å²) in [6.45, 7) is 2.26. The number of pyridine rings is 1. The predicted octanol–water partition coefficient (Wildman–Crippen LogP) is 1.45. The number of aromatic nitrogens is 3. The first-order chi connectivity index (χ1) is 9.20. The van der Waals surface area contributed by atoms with Crippen LogP contribution in [0.5, 0.6) is 0 Å². The lowest BCUT2D eigenvalue weighted by atomic mass is 10.2. The van der Waals surface area contributed by atoms with E-state index < -0.39 is 5.97 Å². The van der Waals surface area contributed by atoms with Gasteiger partial charge in [-0.1, -0.05) is 6.07 Å². The fourth-order valence-corrected chi connectivity index (χ4v) is 1.64. The third-order valence-corrected chi connectivity index (χ3v) is 2.56. The lowest BCUT2D eigenvalue weighted by Gasteiger charge is -2.18. The summed E-state index contributed by atoms with van der Waals surface area (Å²) in [5.41, 5.74) is 1.41. The second-order valence-electron chi connectivity index (χ2n) is 3.86. The van der Waals surface area contributed by atoms with Crippen LogP contribution in [0.3, 0.4) is 0 Å². The Hall–Kier alpha value is -2.50. The number of likely N-dealkylation sites (N-methyl/N-ethyl adjacent to an activating group) is 1. The molecule has 0 saturated heterocycles. The fourth-order valence-electron chi connectivity index (χ4n) is 1.64. The van der Waals surface area contributed by atoms with Gasteiger partial charge in [0.15, 0.2) is 0 Å². The highest BCUT2D eigenvalue weighted by molar-refractivity contribution is 5.72. The van der Waals surface area contributed by atoms with Crippen LogP contribution in [0, 0.1) is 0 Å². The van der Waals surface area contributed by atoms with Gasteiger partial charge in [-0.15, -0.1) is 0 Å². The van der Waals surface area contributed by atoms with Crippen molar-refractivity contribution in [3.05, 3.63) is 36.7 Å². The third kappa shape index (κ3) is 3.25. The highest BCUT2D eigenvalue weighted by atomic mass is 16.4. The van der Waals surface area contributed by atoms with Crippen LogP contribution in [0.15, 0.2) is 36.7 Å². The number of anilines is 1. The van der Waals surface area contributed by atoms with Gasteiger partial charge in [0.1, 0.15) is 6.54 Å². The molecule has 0 saturated carbocycles. The molecule has 0 radical (unpaired) electrons. The summed E-state index contributed by atoms with van der Waals surface area (Å²) in [4.78, 5) is 25.1. The SMILES string of the molecule is CCN(CC(=O)O)c1nccc(-c2ccccn2)n1. The average molecular weight is 258 g/mol. The first-order valence-corrected chi connectivity index (χ1v) is 5.92. The van der Waals surface area contributed by atoms with Gasteiger partial charge in [-0.3, -0.25) is 9.78 Å². The highest BCUT2D eigenvalue weighted by Crippen LogP contribution is 2.16. The number of nitrogens with zero attached hydrogens (tertiary/aromatic N) is 4. The number of carboxylic acid groups (broad SMARTS) is 1. The van der Waals surface area contributed by atoms with Gasteiger partial charge < -0.3 is 10.0 Å². The molecule has 0 spiro atoms. The van der Waals surface area contributed by atoms with Crippen LogP contribution in [0.2, 0.25) is 0 Å². The molecule has 0 bridgehead atoms. The molecule has 0 aliphatic carbocycles. The van der Waals surface area contributed by atoms with Crippen LogP contribution >= 0.6 is 0 Å². The van der Waals surface area contributed by atoms with Crippen molar-refractivity contribution in [2.24, 2.45) is 0 Å². The number of rotatable bonds is 5. The van der Waals surface area contributed by atoms with Crippen LogP contribution in [0.4, 0.5) is 5.95 Å². The molecule has 6 nitrogen and oxygen atoms in total. The van der Waals surface area contributed by atoms with Gasteiger partial charge >= 0.3 is 5.97 Å². The number of aliphatic carboxylic acids is 1. The Morgan fingerprint density at radius 1 is 1.21 bits per heavy atom. The first kappa shape index (κ1) is 12.9. The maximum Gasteiger partial charge on any atom is 0.323 e. The summed E-state index contributed by atoms with van der Waals surface area (Å²) in [6.07, 6.45) is 3.29. The van der Waals surface area contributed by atoms with Gasteiger partial charge in [0.05, 0.1) is 11.4 Å². The van der Waals surface area contributed by atoms with E-state index >= 15 is 0 Å². The normalized spacial score (nSPS) is 10.2. The zero-order valence-corrected chi connectivity index (χ0v) is 10.5. The molecule has 98 valence electrons. The molecule has 6 heteroatoms. The van der Waals surface area contributed by atoms with Crippen LogP contribution in [0.1, 0.15) is 6.92 Å². The van der Waals surface area contributed by atoms with Crippen molar-refractivity contribution in [2.45, 2.75) is 6.92 Å². The Bertz CT molecular complexity index is 560. The third-order valence-electron chi connectivity index (χ3n) is 2.56. The largest absolute Gasteiger partial charge is 0.480 e. The minimum absolute atomic E-state index is 0.123. The van der Waals surface area contributed by atoms with E-state index in [1.54, 1.807) is 23.4 Å². The number of hydrogen-bond acceptors (Lipinski definition) is 5.